The average Bonchev–Trinajstić information content (AvgIpc) is 2.42. The first-order chi connectivity index (χ1) is 6.61. The van der Waals surface area contributed by atoms with Crippen molar-refractivity contribution in [3.63, 3.8) is 0 Å². The molecule has 0 spiro atoms. The summed E-state index contributed by atoms with van der Waals surface area (Å²) >= 11 is 0. The lowest BCUT2D eigenvalue weighted by molar-refractivity contribution is -0.141. The number of imide groups is 1. The van der Waals surface area contributed by atoms with Crippen LogP contribution in [0, 0.1) is 0 Å². The van der Waals surface area contributed by atoms with E-state index in [2.05, 4.69) is 4.74 Å². The van der Waals surface area contributed by atoms with E-state index in [9.17, 15) is 14.4 Å². The Hall–Kier alpha value is -1.65. The summed E-state index contributed by atoms with van der Waals surface area (Å²) in [4.78, 5) is 33.5. The number of hydrogen-bond donors (Lipinski definition) is 0. The lowest BCUT2D eigenvalue weighted by atomic mass is 10.4. The van der Waals surface area contributed by atoms with E-state index >= 15 is 0 Å². The molecule has 0 unspecified atom stereocenters. The quantitative estimate of drug-likeness (QED) is 0.357. The highest BCUT2D eigenvalue weighted by Gasteiger charge is 2.22. The molecule has 0 aromatic rings. The van der Waals surface area contributed by atoms with Crippen LogP contribution >= 0.6 is 0 Å². The van der Waals surface area contributed by atoms with Crippen LogP contribution in [0.4, 0.5) is 0 Å². The molecule has 0 aliphatic carbocycles. The Morgan fingerprint density at radius 2 is 1.93 bits per heavy atom. The van der Waals surface area contributed by atoms with Gasteiger partial charge in [-0.3, -0.25) is 19.3 Å². The van der Waals surface area contributed by atoms with E-state index in [0.717, 1.165) is 4.90 Å². The lowest BCUT2D eigenvalue weighted by Crippen LogP contribution is -2.31. The summed E-state index contributed by atoms with van der Waals surface area (Å²) in [5.41, 5.74) is 0. The number of hydrogen-bond acceptors (Lipinski definition) is 4. The highest BCUT2D eigenvalue weighted by molar-refractivity contribution is 6.12. The number of amides is 2. The van der Waals surface area contributed by atoms with Crippen molar-refractivity contribution in [2.45, 2.75) is 13.3 Å². The molecule has 0 aromatic carbocycles. The molecule has 0 atom stereocenters. The van der Waals surface area contributed by atoms with Gasteiger partial charge in [0, 0.05) is 25.6 Å². The van der Waals surface area contributed by atoms with Gasteiger partial charge in [-0.1, -0.05) is 0 Å². The Balaban J connectivity index is 2.22. The van der Waals surface area contributed by atoms with E-state index in [1.807, 2.05) is 0 Å². The summed E-state index contributed by atoms with van der Waals surface area (Å²) in [6, 6.07) is 0. The van der Waals surface area contributed by atoms with Crippen LogP contribution in [-0.4, -0.2) is 35.8 Å². The van der Waals surface area contributed by atoms with Crippen molar-refractivity contribution in [2.24, 2.45) is 0 Å². The van der Waals surface area contributed by atoms with Crippen molar-refractivity contribution in [1.29, 1.82) is 0 Å². The Morgan fingerprint density at radius 3 is 2.43 bits per heavy atom. The maximum atomic E-state index is 11.0. The molecule has 5 heteroatoms. The summed E-state index contributed by atoms with van der Waals surface area (Å²) < 4.78 is 4.66. The number of nitrogens with zero attached hydrogens (tertiary/aromatic N) is 1. The molecule has 1 aliphatic heterocycles. The van der Waals surface area contributed by atoms with E-state index in [-0.39, 0.29) is 30.9 Å². The van der Waals surface area contributed by atoms with Gasteiger partial charge in [0.1, 0.15) is 0 Å². The van der Waals surface area contributed by atoms with E-state index < -0.39 is 0 Å². The molecule has 5 nitrogen and oxygen atoms in total. The molecule has 1 aliphatic rings. The van der Waals surface area contributed by atoms with Gasteiger partial charge in [0.15, 0.2) is 0 Å². The first-order valence-electron chi connectivity index (χ1n) is 4.28. The van der Waals surface area contributed by atoms with E-state index in [1.165, 1.54) is 19.1 Å². The SMILES string of the molecule is CC(=O)OCCCN1C(=O)C=CC1=O. The third-order valence-corrected chi connectivity index (χ3v) is 1.73. The second-order valence-corrected chi connectivity index (χ2v) is 2.86. The summed E-state index contributed by atoms with van der Waals surface area (Å²) in [7, 11) is 0. The molecule has 0 radical (unpaired) electrons. The highest BCUT2D eigenvalue weighted by atomic mass is 16.5. The lowest BCUT2D eigenvalue weighted by Gasteiger charge is -2.12. The maximum Gasteiger partial charge on any atom is 0.302 e. The largest absolute Gasteiger partial charge is 0.466 e. The van der Waals surface area contributed by atoms with Gasteiger partial charge < -0.3 is 4.74 Å². The third-order valence-electron chi connectivity index (χ3n) is 1.73. The van der Waals surface area contributed by atoms with E-state index in [4.69, 9.17) is 0 Å². The zero-order valence-corrected chi connectivity index (χ0v) is 7.86. The first-order valence-corrected chi connectivity index (χ1v) is 4.28. The van der Waals surface area contributed by atoms with E-state index in [0.29, 0.717) is 6.42 Å². The van der Waals surface area contributed by atoms with Gasteiger partial charge in [-0.05, 0) is 6.42 Å². The minimum Gasteiger partial charge on any atom is -0.466 e. The van der Waals surface area contributed by atoms with Crippen LogP contribution in [0.15, 0.2) is 12.2 Å². The van der Waals surface area contributed by atoms with Crippen molar-refractivity contribution in [3.05, 3.63) is 12.2 Å². The average molecular weight is 197 g/mol. The van der Waals surface area contributed by atoms with Crippen LogP contribution in [0.5, 0.6) is 0 Å². The van der Waals surface area contributed by atoms with E-state index in [1.54, 1.807) is 0 Å². The van der Waals surface area contributed by atoms with Crippen LogP contribution in [0.25, 0.3) is 0 Å². The fourth-order valence-corrected chi connectivity index (χ4v) is 1.09. The van der Waals surface area contributed by atoms with Crippen molar-refractivity contribution in [3.8, 4) is 0 Å². The van der Waals surface area contributed by atoms with Crippen LogP contribution in [0.3, 0.4) is 0 Å². The second kappa shape index (κ2) is 4.55. The van der Waals surface area contributed by atoms with Crippen molar-refractivity contribution < 1.29 is 19.1 Å². The molecule has 76 valence electrons. The Morgan fingerprint density at radius 1 is 1.36 bits per heavy atom. The van der Waals surface area contributed by atoms with Gasteiger partial charge >= 0.3 is 5.97 Å². The minimum atomic E-state index is -0.359. The zero-order chi connectivity index (χ0) is 10.6. The molecule has 2 amide bonds. The first kappa shape index (κ1) is 10.4. The molecule has 0 saturated carbocycles. The van der Waals surface area contributed by atoms with Gasteiger partial charge in [-0.2, -0.15) is 0 Å². The number of carbonyl (C=O) groups excluding carboxylic acids is 3. The fraction of sp³-hybridized carbons (Fsp3) is 0.444. The van der Waals surface area contributed by atoms with Crippen LogP contribution in [0.1, 0.15) is 13.3 Å². The number of esters is 1. The topological polar surface area (TPSA) is 63.7 Å². The fourth-order valence-electron chi connectivity index (χ4n) is 1.09. The van der Waals surface area contributed by atoms with Gasteiger partial charge in [-0.15, -0.1) is 0 Å². The monoisotopic (exact) mass is 197 g/mol. The van der Waals surface area contributed by atoms with Gasteiger partial charge in [0.25, 0.3) is 11.8 Å². The summed E-state index contributed by atoms with van der Waals surface area (Å²) in [6.45, 7) is 1.83. The molecule has 1 heterocycles. The standard InChI is InChI=1S/C9H11NO4/c1-7(11)14-6-2-5-10-8(12)3-4-9(10)13/h3-4H,2,5-6H2,1H3. The number of rotatable bonds is 4. The van der Waals surface area contributed by atoms with Crippen molar-refractivity contribution in [1.82, 2.24) is 4.90 Å². The number of carbonyl (C=O) groups is 3. The molecule has 1 rings (SSSR count). The molecule has 0 fully saturated rings. The molecule has 0 N–H and O–H groups in total. The molecule has 0 bridgehead atoms. The Bertz CT molecular complexity index is 277. The third kappa shape index (κ3) is 2.69. The van der Waals surface area contributed by atoms with Crippen molar-refractivity contribution in [2.75, 3.05) is 13.2 Å². The Kier molecular flexibility index (Phi) is 3.39. The summed E-state index contributed by atoms with van der Waals surface area (Å²) in [5, 5.41) is 0. The predicted octanol–water partition coefficient (Wildman–Crippen LogP) is -0.135. The minimum absolute atomic E-state index is 0.229. The highest BCUT2D eigenvalue weighted by Crippen LogP contribution is 2.03. The maximum absolute atomic E-state index is 11.0. The normalized spacial score (nSPS) is 15.1. The molecular formula is C9H11NO4. The zero-order valence-electron chi connectivity index (χ0n) is 7.86. The van der Waals surface area contributed by atoms with Crippen LogP contribution < -0.4 is 0 Å². The smallest absolute Gasteiger partial charge is 0.302 e. The second-order valence-electron chi connectivity index (χ2n) is 2.86. The molecule has 0 aromatic heterocycles. The van der Waals surface area contributed by atoms with Gasteiger partial charge in [0.2, 0.25) is 0 Å². The molecular weight excluding hydrogens is 186 g/mol. The van der Waals surface area contributed by atoms with Gasteiger partial charge in [0.05, 0.1) is 6.61 Å². The number of ether oxygens (including phenoxy) is 1. The van der Waals surface area contributed by atoms with Gasteiger partial charge in [-0.25, -0.2) is 0 Å². The van der Waals surface area contributed by atoms with Crippen LogP contribution in [-0.2, 0) is 19.1 Å². The van der Waals surface area contributed by atoms with Crippen LogP contribution in [0.2, 0.25) is 0 Å². The molecule has 14 heavy (non-hydrogen) atoms. The summed E-state index contributed by atoms with van der Waals surface area (Å²) in [5.74, 6) is -0.974. The summed E-state index contributed by atoms with van der Waals surface area (Å²) in [6.07, 6.45) is 2.93. The molecule has 0 saturated heterocycles. The Labute approximate surface area is 81.3 Å². The predicted molar refractivity (Wildman–Crippen MR) is 47.1 cm³/mol. The van der Waals surface area contributed by atoms with Crippen molar-refractivity contribution >= 4 is 17.8 Å².